The molecule has 2 N–H and O–H groups in total. The van der Waals surface area contributed by atoms with Crippen LogP contribution >= 0.6 is 11.3 Å². The van der Waals surface area contributed by atoms with Crippen LogP contribution in [-0.2, 0) is 9.47 Å². The van der Waals surface area contributed by atoms with E-state index in [1.54, 1.807) is 20.3 Å². The van der Waals surface area contributed by atoms with E-state index in [-0.39, 0.29) is 18.6 Å². The van der Waals surface area contributed by atoms with Crippen LogP contribution in [-0.4, -0.2) is 51.1 Å². The van der Waals surface area contributed by atoms with Crippen LogP contribution in [0.5, 0.6) is 0 Å². The van der Waals surface area contributed by atoms with E-state index in [4.69, 9.17) is 14.6 Å². The predicted molar refractivity (Wildman–Crippen MR) is 77.9 cm³/mol. The van der Waals surface area contributed by atoms with Crippen LogP contribution in [0.4, 0.5) is 0 Å². The lowest BCUT2D eigenvalue weighted by molar-refractivity contribution is 0.0286. The van der Waals surface area contributed by atoms with Crippen molar-refractivity contribution < 1.29 is 19.4 Å². The van der Waals surface area contributed by atoms with Gasteiger partial charge in [-0.05, 0) is 11.4 Å². The standard InChI is InChI=1S/C14H19NO4S/c1-18-10-12(19-2)9-15-14(17)13-11(6-8-20-13)5-3-4-7-16/h6,8,12,16H,4,7,9-10H2,1-2H3,(H,15,17). The molecule has 0 radical (unpaired) electrons. The summed E-state index contributed by atoms with van der Waals surface area (Å²) in [5, 5.41) is 13.3. The van der Waals surface area contributed by atoms with Gasteiger partial charge in [0.05, 0.1) is 19.3 Å². The second-order valence-corrected chi connectivity index (χ2v) is 4.88. The lowest BCUT2D eigenvalue weighted by atomic mass is 10.2. The fourth-order valence-corrected chi connectivity index (χ4v) is 2.25. The highest BCUT2D eigenvalue weighted by atomic mass is 32.1. The zero-order chi connectivity index (χ0) is 14.8. The minimum atomic E-state index is -0.175. The second-order valence-electron chi connectivity index (χ2n) is 3.96. The Bertz CT molecular complexity index is 475. The molecule has 1 unspecified atom stereocenters. The maximum atomic E-state index is 12.1. The summed E-state index contributed by atoms with van der Waals surface area (Å²) in [6.07, 6.45) is 0.226. The molecular weight excluding hydrogens is 278 g/mol. The highest BCUT2D eigenvalue weighted by Crippen LogP contribution is 2.15. The molecule has 1 atom stereocenters. The molecule has 1 rings (SSSR count). The molecule has 110 valence electrons. The molecule has 0 spiro atoms. The van der Waals surface area contributed by atoms with E-state index in [1.165, 1.54) is 11.3 Å². The van der Waals surface area contributed by atoms with Gasteiger partial charge < -0.3 is 19.9 Å². The van der Waals surface area contributed by atoms with Crippen molar-refractivity contribution in [3.05, 3.63) is 21.9 Å². The molecule has 1 aromatic heterocycles. The number of hydrogen-bond acceptors (Lipinski definition) is 5. The quantitative estimate of drug-likeness (QED) is 0.733. The van der Waals surface area contributed by atoms with Crippen molar-refractivity contribution in [2.24, 2.45) is 0 Å². The molecule has 0 fully saturated rings. The van der Waals surface area contributed by atoms with Crippen LogP contribution < -0.4 is 5.32 Å². The van der Waals surface area contributed by atoms with E-state index in [1.807, 2.05) is 5.38 Å². The van der Waals surface area contributed by atoms with E-state index >= 15 is 0 Å². The van der Waals surface area contributed by atoms with Crippen molar-refractivity contribution in [2.45, 2.75) is 12.5 Å². The van der Waals surface area contributed by atoms with Crippen molar-refractivity contribution in [3.8, 4) is 11.8 Å². The summed E-state index contributed by atoms with van der Waals surface area (Å²) in [6.45, 7) is 0.820. The van der Waals surface area contributed by atoms with E-state index in [0.29, 0.717) is 30.0 Å². The smallest absolute Gasteiger partial charge is 0.262 e. The number of thiophene rings is 1. The van der Waals surface area contributed by atoms with Gasteiger partial charge in [0.25, 0.3) is 5.91 Å². The van der Waals surface area contributed by atoms with Crippen LogP contribution in [0, 0.1) is 11.8 Å². The average molecular weight is 297 g/mol. The van der Waals surface area contributed by atoms with Gasteiger partial charge in [-0.15, -0.1) is 11.3 Å². The van der Waals surface area contributed by atoms with Gasteiger partial charge in [-0.3, -0.25) is 4.79 Å². The minimum absolute atomic E-state index is 0.0191. The topological polar surface area (TPSA) is 67.8 Å². The summed E-state index contributed by atoms with van der Waals surface area (Å²) in [6, 6.07) is 1.80. The van der Waals surface area contributed by atoms with Crippen LogP contribution in [0.15, 0.2) is 11.4 Å². The zero-order valence-corrected chi connectivity index (χ0v) is 12.5. The molecule has 5 nitrogen and oxygen atoms in total. The first-order valence-electron chi connectivity index (χ1n) is 6.20. The Balaban J connectivity index is 2.60. The largest absolute Gasteiger partial charge is 0.395 e. The number of rotatable bonds is 7. The molecule has 1 heterocycles. The van der Waals surface area contributed by atoms with Crippen molar-refractivity contribution in [3.63, 3.8) is 0 Å². The number of ether oxygens (including phenoxy) is 2. The van der Waals surface area contributed by atoms with Gasteiger partial charge in [-0.25, -0.2) is 0 Å². The Morgan fingerprint density at radius 1 is 1.55 bits per heavy atom. The van der Waals surface area contributed by atoms with Gasteiger partial charge >= 0.3 is 0 Å². The summed E-state index contributed by atoms with van der Waals surface area (Å²) in [7, 11) is 3.16. The first-order chi connectivity index (χ1) is 9.72. The highest BCUT2D eigenvalue weighted by Gasteiger charge is 2.14. The van der Waals surface area contributed by atoms with Crippen molar-refractivity contribution >= 4 is 17.2 Å². The molecule has 0 aliphatic heterocycles. The maximum absolute atomic E-state index is 12.1. The number of amides is 1. The van der Waals surface area contributed by atoms with Crippen molar-refractivity contribution in [1.29, 1.82) is 0 Å². The van der Waals surface area contributed by atoms with Gasteiger partial charge in [0.2, 0.25) is 0 Å². The molecule has 0 saturated carbocycles. The number of hydrogen-bond donors (Lipinski definition) is 2. The number of methoxy groups -OCH3 is 2. The van der Waals surface area contributed by atoms with E-state index in [2.05, 4.69) is 17.2 Å². The highest BCUT2D eigenvalue weighted by molar-refractivity contribution is 7.12. The van der Waals surface area contributed by atoms with Gasteiger partial charge in [-0.1, -0.05) is 11.8 Å². The number of carbonyl (C=O) groups excluding carboxylic acids is 1. The first-order valence-corrected chi connectivity index (χ1v) is 7.08. The second kappa shape index (κ2) is 9.50. The fourth-order valence-electron chi connectivity index (χ4n) is 1.48. The number of aliphatic hydroxyl groups excluding tert-OH is 1. The van der Waals surface area contributed by atoms with Crippen molar-refractivity contribution in [2.75, 3.05) is 34.0 Å². The summed E-state index contributed by atoms with van der Waals surface area (Å²) in [5.74, 6) is 5.52. The number of aliphatic hydroxyl groups is 1. The normalized spacial score (nSPS) is 11.6. The van der Waals surface area contributed by atoms with Crippen LogP contribution in [0.25, 0.3) is 0 Å². The van der Waals surface area contributed by atoms with E-state index in [9.17, 15) is 4.79 Å². The van der Waals surface area contributed by atoms with Gasteiger partial charge in [0, 0.05) is 32.7 Å². The Kier molecular flexibility index (Phi) is 7.92. The van der Waals surface area contributed by atoms with E-state index in [0.717, 1.165) is 0 Å². The molecule has 1 aromatic rings. The molecule has 20 heavy (non-hydrogen) atoms. The molecule has 0 aliphatic rings. The molecule has 0 saturated heterocycles. The van der Waals surface area contributed by atoms with Gasteiger partial charge in [-0.2, -0.15) is 0 Å². The molecule has 1 amide bonds. The lowest BCUT2D eigenvalue weighted by Gasteiger charge is -2.14. The van der Waals surface area contributed by atoms with Gasteiger partial charge in [0.15, 0.2) is 0 Å². The summed E-state index contributed by atoms with van der Waals surface area (Å²) in [5.41, 5.74) is 0.682. The SMILES string of the molecule is COCC(CNC(=O)c1sccc1C#CCCO)OC. The minimum Gasteiger partial charge on any atom is -0.395 e. The van der Waals surface area contributed by atoms with Gasteiger partial charge in [0.1, 0.15) is 4.88 Å². The van der Waals surface area contributed by atoms with Crippen LogP contribution in [0.1, 0.15) is 21.7 Å². The number of nitrogens with one attached hydrogen (secondary N) is 1. The number of carbonyl (C=O) groups is 1. The fraction of sp³-hybridized carbons (Fsp3) is 0.500. The third-order valence-electron chi connectivity index (χ3n) is 2.51. The van der Waals surface area contributed by atoms with Crippen molar-refractivity contribution in [1.82, 2.24) is 5.32 Å². The van der Waals surface area contributed by atoms with Crippen LogP contribution in [0.3, 0.4) is 0 Å². The van der Waals surface area contributed by atoms with Crippen LogP contribution in [0.2, 0.25) is 0 Å². The maximum Gasteiger partial charge on any atom is 0.262 e. The molecule has 0 bridgehead atoms. The zero-order valence-electron chi connectivity index (χ0n) is 11.6. The summed E-state index contributed by atoms with van der Waals surface area (Å²) < 4.78 is 10.2. The summed E-state index contributed by atoms with van der Waals surface area (Å²) in [4.78, 5) is 12.6. The third-order valence-corrected chi connectivity index (χ3v) is 3.42. The summed E-state index contributed by atoms with van der Waals surface area (Å²) >= 11 is 1.34. The monoisotopic (exact) mass is 297 g/mol. The van der Waals surface area contributed by atoms with E-state index < -0.39 is 0 Å². The molecule has 0 aromatic carbocycles. The average Bonchev–Trinajstić information content (AvgIpc) is 2.92. The molecular formula is C14H19NO4S. The Hall–Kier alpha value is -1.39. The molecule has 0 aliphatic carbocycles. The first kappa shape index (κ1) is 16.7. The Labute approximate surface area is 122 Å². The third kappa shape index (κ3) is 5.31. The Morgan fingerprint density at radius 2 is 2.35 bits per heavy atom. The Morgan fingerprint density at radius 3 is 3.00 bits per heavy atom. The molecule has 6 heteroatoms. The predicted octanol–water partition coefficient (Wildman–Crippen LogP) is 0.873. The lowest BCUT2D eigenvalue weighted by Crippen LogP contribution is -2.35.